The summed E-state index contributed by atoms with van der Waals surface area (Å²) in [5.74, 6) is -3.02. The summed E-state index contributed by atoms with van der Waals surface area (Å²) in [6, 6.07) is 10.5. The van der Waals surface area contributed by atoms with Crippen molar-refractivity contribution < 1.29 is 54.1 Å². The lowest BCUT2D eigenvalue weighted by Gasteiger charge is -2.39. The molecule has 44 heavy (non-hydrogen) atoms. The molecule has 1 aliphatic carbocycles. The Kier molecular flexibility index (Phi) is 8.55. The number of phenols is 1. The lowest BCUT2D eigenvalue weighted by Crippen LogP contribution is -2.58. The molecule has 5 atom stereocenters. The molecule has 1 aliphatic heterocycles. The second kappa shape index (κ2) is 12.1. The first kappa shape index (κ1) is 31.2. The number of nitrogens with two attached hydrogens (primary N) is 2. The van der Waals surface area contributed by atoms with Gasteiger partial charge in [0, 0.05) is 35.6 Å². The van der Waals surface area contributed by atoms with E-state index in [-0.39, 0.29) is 51.3 Å². The molecule has 2 aliphatic rings. The van der Waals surface area contributed by atoms with Gasteiger partial charge < -0.3 is 51.2 Å². The molecule has 0 unspecified atom stereocenters. The van der Waals surface area contributed by atoms with Gasteiger partial charge in [0.1, 0.15) is 35.6 Å². The highest BCUT2D eigenvalue weighted by Gasteiger charge is 2.44. The third-order valence-corrected chi connectivity index (χ3v) is 7.70. The summed E-state index contributed by atoms with van der Waals surface area (Å²) >= 11 is 0. The second-order valence-electron chi connectivity index (χ2n) is 10.8. The van der Waals surface area contributed by atoms with Crippen molar-refractivity contribution >= 4 is 17.5 Å². The SMILES string of the molecule is CC(=O)Oc1cc(CO)c2c(c1)C(=O)c1cc(O[C@H]3O[C@@H](C)[C@@H](O)[C@@H](O)[C@H]3O)c(Cc3cccc(C(N)N)c3)c(O)c1C2=O. The Balaban J connectivity index is 1.68. The summed E-state index contributed by atoms with van der Waals surface area (Å²) in [6.45, 7) is 1.94. The maximum Gasteiger partial charge on any atom is 0.308 e. The number of hydrogen-bond acceptors (Lipinski definition) is 13. The van der Waals surface area contributed by atoms with Crippen LogP contribution in [0.25, 0.3) is 0 Å². The van der Waals surface area contributed by atoms with Crippen LogP contribution in [0.2, 0.25) is 0 Å². The Bertz CT molecular complexity index is 1650. The van der Waals surface area contributed by atoms with Gasteiger partial charge in [-0.3, -0.25) is 14.4 Å². The molecule has 3 aromatic rings. The fourth-order valence-electron chi connectivity index (χ4n) is 5.46. The zero-order chi connectivity index (χ0) is 32.0. The summed E-state index contributed by atoms with van der Waals surface area (Å²) in [6.07, 6.45) is -8.12. The number of carbonyl (C=O) groups excluding carboxylic acids is 3. The molecule has 232 valence electrons. The molecule has 9 N–H and O–H groups in total. The molecular formula is C31H32N2O11. The minimum absolute atomic E-state index is 0.00826. The van der Waals surface area contributed by atoms with E-state index in [1.165, 1.54) is 25.1 Å². The Morgan fingerprint density at radius 2 is 1.68 bits per heavy atom. The smallest absolute Gasteiger partial charge is 0.308 e. The van der Waals surface area contributed by atoms with E-state index < -0.39 is 66.8 Å². The van der Waals surface area contributed by atoms with E-state index in [2.05, 4.69) is 0 Å². The highest BCUT2D eigenvalue weighted by atomic mass is 16.7. The molecule has 13 heteroatoms. The van der Waals surface area contributed by atoms with Gasteiger partial charge in [-0.25, -0.2) is 0 Å². The maximum atomic E-state index is 13.9. The summed E-state index contributed by atoms with van der Waals surface area (Å²) in [5.41, 5.74) is 11.9. The van der Waals surface area contributed by atoms with E-state index in [0.717, 1.165) is 6.92 Å². The first-order chi connectivity index (χ1) is 20.8. The molecule has 0 saturated carbocycles. The molecule has 0 aromatic heterocycles. The zero-order valence-corrected chi connectivity index (χ0v) is 23.8. The number of ether oxygens (including phenoxy) is 3. The van der Waals surface area contributed by atoms with Crippen molar-refractivity contribution in [3.8, 4) is 17.2 Å². The van der Waals surface area contributed by atoms with Gasteiger partial charge in [0.05, 0.1) is 24.4 Å². The normalized spacial score (nSPS) is 22.9. The number of hydrogen-bond donors (Lipinski definition) is 7. The number of carbonyl (C=O) groups is 3. The topological polar surface area (TPSA) is 232 Å². The highest BCUT2D eigenvalue weighted by molar-refractivity contribution is 6.30. The van der Waals surface area contributed by atoms with Crippen molar-refractivity contribution in [3.05, 3.63) is 87.0 Å². The molecular weight excluding hydrogens is 576 g/mol. The van der Waals surface area contributed by atoms with E-state index >= 15 is 0 Å². The quantitative estimate of drug-likeness (QED) is 0.0851. The van der Waals surface area contributed by atoms with Gasteiger partial charge in [0.2, 0.25) is 6.29 Å². The second-order valence-corrected chi connectivity index (χ2v) is 10.8. The van der Waals surface area contributed by atoms with Gasteiger partial charge in [-0.2, -0.15) is 0 Å². The molecule has 1 saturated heterocycles. The number of rotatable bonds is 7. The molecule has 0 spiro atoms. The van der Waals surface area contributed by atoms with Crippen molar-refractivity contribution in [2.24, 2.45) is 11.5 Å². The largest absolute Gasteiger partial charge is 0.507 e. The zero-order valence-electron chi connectivity index (χ0n) is 23.8. The average Bonchev–Trinajstić information content (AvgIpc) is 2.98. The standard InChI is InChI=1S/C31H32N2O11/c1-12-24(36)28(40)29(41)31(42-12)44-21-10-20-23(26(38)18(21)7-14-4-3-5-15(6-14)30(32)33)27(39)22-16(11-34)8-17(43-13(2)35)9-19(22)25(20)37/h3-6,8-10,12,24,28-31,34,36,38,40-41H,7,11,32-33H2,1-2H3/t12-,24+,28+,29+,31+/m0/s1. The van der Waals surface area contributed by atoms with E-state index in [4.69, 9.17) is 25.7 Å². The van der Waals surface area contributed by atoms with Crippen molar-refractivity contribution in [3.63, 3.8) is 0 Å². The number of benzene rings is 3. The van der Waals surface area contributed by atoms with Gasteiger partial charge in [-0.15, -0.1) is 0 Å². The van der Waals surface area contributed by atoms with Crippen LogP contribution in [-0.2, 0) is 22.6 Å². The van der Waals surface area contributed by atoms with Crippen LogP contribution in [0.4, 0.5) is 0 Å². The van der Waals surface area contributed by atoms with Crippen molar-refractivity contribution in [1.82, 2.24) is 0 Å². The Morgan fingerprint density at radius 3 is 2.34 bits per heavy atom. The molecule has 3 aromatic carbocycles. The monoisotopic (exact) mass is 608 g/mol. The molecule has 1 heterocycles. The van der Waals surface area contributed by atoms with Crippen LogP contribution < -0.4 is 20.9 Å². The third kappa shape index (κ3) is 5.57. The summed E-state index contributed by atoms with van der Waals surface area (Å²) < 4.78 is 16.6. The summed E-state index contributed by atoms with van der Waals surface area (Å²) in [7, 11) is 0. The number of aliphatic hydroxyl groups excluding tert-OH is 4. The maximum absolute atomic E-state index is 13.9. The van der Waals surface area contributed by atoms with Gasteiger partial charge in [-0.1, -0.05) is 24.3 Å². The van der Waals surface area contributed by atoms with Gasteiger partial charge in [0.25, 0.3) is 0 Å². The van der Waals surface area contributed by atoms with Gasteiger partial charge in [0.15, 0.2) is 11.6 Å². The predicted molar refractivity (Wildman–Crippen MR) is 152 cm³/mol. The molecule has 5 rings (SSSR count). The Labute approximate surface area is 251 Å². The number of aliphatic hydroxyl groups is 4. The fraction of sp³-hybridized carbons (Fsp3) is 0.323. The van der Waals surface area contributed by atoms with Crippen LogP contribution in [0, 0.1) is 0 Å². The number of phenolic OH excluding ortho intramolecular Hbond substituents is 1. The van der Waals surface area contributed by atoms with Crippen molar-refractivity contribution in [2.45, 2.75) is 63.7 Å². The van der Waals surface area contributed by atoms with Crippen LogP contribution in [0.15, 0.2) is 42.5 Å². The third-order valence-electron chi connectivity index (χ3n) is 7.70. The van der Waals surface area contributed by atoms with Crippen molar-refractivity contribution in [2.75, 3.05) is 0 Å². The predicted octanol–water partition coefficient (Wildman–Crippen LogP) is 0.298. The van der Waals surface area contributed by atoms with E-state index in [1.807, 2.05) is 0 Å². The lowest BCUT2D eigenvalue weighted by molar-refractivity contribution is -0.268. The molecule has 0 bridgehead atoms. The molecule has 13 nitrogen and oxygen atoms in total. The van der Waals surface area contributed by atoms with Crippen LogP contribution >= 0.6 is 0 Å². The van der Waals surface area contributed by atoms with Gasteiger partial charge in [-0.05, 0) is 41.8 Å². The fourth-order valence-corrected chi connectivity index (χ4v) is 5.46. The number of esters is 1. The van der Waals surface area contributed by atoms with Crippen molar-refractivity contribution in [1.29, 1.82) is 0 Å². The first-order valence-electron chi connectivity index (χ1n) is 13.7. The van der Waals surface area contributed by atoms with Crippen LogP contribution in [-0.4, -0.2) is 73.8 Å². The highest BCUT2D eigenvalue weighted by Crippen LogP contribution is 2.43. The molecule has 1 fully saturated rings. The molecule has 0 amide bonds. The van der Waals surface area contributed by atoms with E-state index in [9.17, 15) is 39.9 Å². The minimum atomic E-state index is -1.72. The number of aromatic hydroxyl groups is 1. The number of ketones is 2. The number of fused-ring (bicyclic) bond motifs is 2. The summed E-state index contributed by atoms with van der Waals surface area (Å²) in [5, 5.41) is 52.7. The minimum Gasteiger partial charge on any atom is -0.507 e. The van der Waals surface area contributed by atoms with E-state index in [1.54, 1.807) is 24.3 Å². The van der Waals surface area contributed by atoms with Crippen LogP contribution in [0.1, 0.15) is 74.1 Å². The van der Waals surface area contributed by atoms with Crippen LogP contribution in [0.5, 0.6) is 17.2 Å². The van der Waals surface area contributed by atoms with Gasteiger partial charge >= 0.3 is 5.97 Å². The average molecular weight is 609 g/mol. The van der Waals surface area contributed by atoms with E-state index in [0.29, 0.717) is 11.1 Å². The summed E-state index contributed by atoms with van der Waals surface area (Å²) in [4.78, 5) is 39.3. The Morgan fingerprint density at radius 1 is 0.977 bits per heavy atom. The van der Waals surface area contributed by atoms with Crippen LogP contribution in [0.3, 0.4) is 0 Å². The lowest BCUT2D eigenvalue weighted by atomic mass is 9.79. The Hall–Kier alpha value is -4.21. The molecule has 0 radical (unpaired) electrons. The first-order valence-corrected chi connectivity index (χ1v) is 13.7.